The lowest BCUT2D eigenvalue weighted by atomic mass is 10.3. The van der Waals surface area contributed by atoms with Gasteiger partial charge < -0.3 is 10.1 Å². The number of halogens is 4. The van der Waals surface area contributed by atoms with Crippen LogP contribution in [-0.4, -0.2) is 28.0 Å². The highest BCUT2D eigenvalue weighted by Crippen LogP contribution is 2.20. The summed E-state index contributed by atoms with van der Waals surface area (Å²) in [6.45, 7) is 0.323. The molecule has 0 aliphatic heterocycles. The average molecular weight is 392 g/mol. The van der Waals surface area contributed by atoms with Crippen LogP contribution >= 0.6 is 15.9 Å². The Morgan fingerprint density at radius 3 is 2.87 bits per heavy atom. The number of anilines is 1. The summed E-state index contributed by atoms with van der Waals surface area (Å²) in [4.78, 5) is 12.0. The van der Waals surface area contributed by atoms with E-state index in [1.165, 1.54) is 6.92 Å². The van der Waals surface area contributed by atoms with Gasteiger partial charge in [-0.2, -0.15) is 18.3 Å². The van der Waals surface area contributed by atoms with Gasteiger partial charge in [-0.15, -0.1) is 0 Å². The van der Waals surface area contributed by atoms with E-state index in [9.17, 15) is 18.0 Å². The number of aromatic nitrogens is 2. The molecular formula is C14H13BrF3N3O2. The van der Waals surface area contributed by atoms with E-state index in [0.717, 1.165) is 16.9 Å². The molecule has 0 saturated heterocycles. The minimum absolute atomic E-state index is 0.170. The van der Waals surface area contributed by atoms with Crippen molar-refractivity contribution in [2.45, 2.75) is 25.7 Å². The van der Waals surface area contributed by atoms with Gasteiger partial charge in [0.25, 0.3) is 5.91 Å². The molecule has 23 heavy (non-hydrogen) atoms. The van der Waals surface area contributed by atoms with Gasteiger partial charge in [0.2, 0.25) is 0 Å². The summed E-state index contributed by atoms with van der Waals surface area (Å²) in [6, 6.07) is 6.96. The second-order valence-corrected chi connectivity index (χ2v) is 5.66. The standard InChI is InChI=1S/C14H13BrF3N3O2/c1-9(23-12-4-2-3-10(15)5-12)13(22)20-11-6-19-21(7-11)8-14(16,17)18/h2-7,9H,8H2,1H3,(H,20,22). The molecule has 1 aromatic heterocycles. The quantitative estimate of drug-likeness (QED) is 0.846. The maximum atomic E-state index is 12.2. The third kappa shape index (κ3) is 5.59. The van der Waals surface area contributed by atoms with Crippen LogP contribution in [0.25, 0.3) is 0 Å². The summed E-state index contributed by atoms with van der Waals surface area (Å²) >= 11 is 3.29. The second kappa shape index (κ2) is 7.03. The first-order chi connectivity index (χ1) is 10.7. The Morgan fingerprint density at radius 2 is 2.22 bits per heavy atom. The highest BCUT2D eigenvalue weighted by atomic mass is 79.9. The third-order valence-corrected chi connectivity index (χ3v) is 3.21. The van der Waals surface area contributed by atoms with E-state index in [2.05, 4.69) is 26.3 Å². The van der Waals surface area contributed by atoms with Gasteiger partial charge in [0.1, 0.15) is 12.3 Å². The molecule has 1 N–H and O–H groups in total. The van der Waals surface area contributed by atoms with Crippen molar-refractivity contribution in [3.05, 3.63) is 41.1 Å². The summed E-state index contributed by atoms with van der Waals surface area (Å²) < 4.78 is 43.7. The van der Waals surface area contributed by atoms with Gasteiger partial charge in [0.05, 0.1) is 11.9 Å². The highest BCUT2D eigenvalue weighted by Gasteiger charge is 2.28. The van der Waals surface area contributed by atoms with E-state index in [4.69, 9.17) is 4.74 Å². The Labute approximate surface area is 138 Å². The molecule has 1 unspecified atom stereocenters. The summed E-state index contributed by atoms with van der Waals surface area (Å²) in [5.41, 5.74) is 0.170. The molecule has 0 saturated carbocycles. The summed E-state index contributed by atoms with van der Waals surface area (Å²) in [6.07, 6.45) is -2.94. The van der Waals surface area contributed by atoms with Gasteiger partial charge in [-0.3, -0.25) is 9.48 Å². The van der Waals surface area contributed by atoms with E-state index in [0.29, 0.717) is 10.4 Å². The minimum Gasteiger partial charge on any atom is -0.481 e. The fourth-order valence-electron chi connectivity index (χ4n) is 1.74. The Hall–Kier alpha value is -2.03. The van der Waals surface area contributed by atoms with E-state index >= 15 is 0 Å². The lowest BCUT2D eigenvalue weighted by Crippen LogP contribution is -2.30. The van der Waals surface area contributed by atoms with Crippen LogP contribution in [0.4, 0.5) is 18.9 Å². The van der Waals surface area contributed by atoms with Crippen molar-refractivity contribution in [2.24, 2.45) is 0 Å². The number of nitrogens with one attached hydrogen (secondary N) is 1. The summed E-state index contributed by atoms with van der Waals surface area (Å²) in [7, 11) is 0. The summed E-state index contributed by atoms with van der Waals surface area (Å²) in [5, 5.41) is 6.00. The van der Waals surface area contributed by atoms with Gasteiger partial charge in [-0.05, 0) is 25.1 Å². The molecule has 0 radical (unpaired) electrons. The number of amides is 1. The SMILES string of the molecule is CC(Oc1cccc(Br)c1)C(=O)Nc1cnn(CC(F)(F)F)c1. The van der Waals surface area contributed by atoms with Crippen LogP contribution in [0, 0.1) is 0 Å². The van der Waals surface area contributed by atoms with Gasteiger partial charge in [0, 0.05) is 10.7 Å². The van der Waals surface area contributed by atoms with E-state index < -0.39 is 24.7 Å². The van der Waals surface area contributed by atoms with Crippen LogP contribution in [-0.2, 0) is 11.3 Å². The molecule has 0 spiro atoms. The molecule has 1 amide bonds. The zero-order chi connectivity index (χ0) is 17.0. The monoisotopic (exact) mass is 391 g/mol. The molecule has 0 aliphatic carbocycles. The maximum Gasteiger partial charge on any atom is 0.408 e. The molecule has 1 heterocycles. The number of alkyl halides is 3. The number of benzene rings is 1. The fourth-order valence-corrected chi connectivity index (χ4v) is 2.12. The number of ether oxygens (including phenoxy) is 1. The lowest BCUT2D eigenvalue weighted by Gasteiger charge is -2.14. The van der Waals surface area contributed by atoms with Crippen LogP contribution in [0.3, 0.4) is 0 Å². The zero-order valence-corrected chi connectivity index (χ0v) is 13.6. The van der Waals surface area contributed by atoms with Gasteiger partial charge >= 0.3 is 6.18 Å². The molecule has 1 atom stereocenters. The molecule has 0 fully saturated rings. The molecule has 1 aromatic carbocycles. The lowest BCUT2D eigenvalue weighted by molar-refractivity contribution is -0.142. The van der Waals surface area contributed by atoms with Gasteiger partial charge in [-0.1, -0.05) is 22.0 Å². The first-order valence-electron chi connectivity index (χ1n) is 6.55. The van der Waals surface area contributed by atoms with Crippen LogP contribution in [0.15, 0.2) is 41.1 Å². The fraction of sp³-hybridized carbons (Fsp3) is 0.286. The van der Waals surface area contributed by atoms with Crippen molar-refractivity contribution in [3.8, 4) is 5.75 Å². The first-order valence-corrected chi connectivity index (χ1v) is 7.34. The van der Waals surface area contributed by atoms with E-state index in [-0.39, 0.29) is 5.69 Å². The predicted octanol–water partition coefficient (Wildman–Crippen LogP) is 3.61. The number of carbonyl (C=O) groups excluding carboxylic acids is 1. The van der Waals surface area contributed by atoms with Crippen LogP contribution in [0.1, 0.15) is 6.92 Å². The van der Waals surface area contributed by atoms with Crippen LogP contribution in [0.5, 0.6) is 5.75 Å². The van der Waals surface area contributed by atoms with Crippen molar-refractivity contribution in [1.29, 1.82) is 0 Å². The molecule has 124 valence electrons. The predicted molar refractivity (Wildman–Crippen MR) is 81.1 cm³/mol. The Morgan fingerprint density at radius 1 is 1.48 bits per heavy atom. The van der Waals surface area contributed by atoms with Crippen molar-refractivity contribution in [2.75, 3.05) is 5.32 Å². The first kappa shape index (κ1) is 17.3. The van der Waals surface area contributed by atoms with Crippen molar-refractivity contribution < 1.29 is 22.7 Å². The van der Waals surface area contributed by atoms with E-state index in [1.807, 2.05) is 6.07 Å². The molecular weight excluding hydrogens is 379 g/mol. The normalized spacial score (nSPS) is 12.7. The van der Waals surface area contributed by atoms with Crippen LogP contribution < -0.4 is 10.1 Å². The van der Waals surface area contributed by atoms with Gasteiger partial charge in [-0.25, -0.2) is 0 Å². The topological polar surface area (TPSA) is 56.1 Å². The number of hydrogen-bond acceptors (Lipinski definition) is 3. The van der Waals surface area contributed by atoms with Crippen molar-refractivity contribution in [3.63, 3.8) is 0 Å². The van der Waals surface area contributed by atoms with E-state index in [1.54, 1.807) is 18.2 Å². The highest BCUT2D eigenvalue weighted by molar-refractivity contribution is 9.10. The third-order valence-electron chi connectivity index (χ3n) is 2.72. The maximum absolute atomic E-state index is 12.2. The number of rotatable bonds is 5. The smallest absolute Gasteiger partial charge is 0.408 e. The Bertz CT molecular complexity index is 688. The molecule has 2 aromatic rings. The molecule has 2 rings (SSSR count). The van der Waals surface area contributed by atoms with Crippen molar-refractivity contribution >= 4 is 27.5 Å². The number of carbonyl (C=O) groups is 1. The zero-order valence-electron chi connectivity index (χ0n) is 12.0. The average Bonchev–Trinajstić information content (AvgIpc) is 2.83. The molecule has 5 nitrogen and oxygen atoms in total. The van der Waals surface area contributed by atoms with Gasteiger partial charge in [0.15, 0.2) is 6.10 Å². The minimum atomic E-state index is -4.37. The number of hydrogen-bond donors (Lipinski definition) is 1. The summed E-state index contributed by atoms with van der Waals surface area (Å²) in [5.74, 6) is 0.00586. The van der Waals surface area contributed by atoms with Crippen LogP contribution in [0.2, 0.25) is 0 Å². The largest absolute Gasteiger partial charge is 0.481 e. The Kier molecular flexibility index (Phi) is 5.30. The van der Waals surface area contributed by atoms with Crippen molar-refractivity contribution in [1.82, 2.24) is 9.78 Å². The Balaban J connectivity index is 1.93. The molecule has 0 aliphatic rings. The second-order valence-electron chi connectivity index (χ2n) is 4.75. The number of nitrogens with zero attached hydrogens (tertiary/aromatic N) is 2. The molecule has 0 bridgehead atoms. The molecule has 9 heteroatoms.